The molecule has 6 rings (SSSR count). The van der Waals surface area contributed by atoms with Gasteiger partial charge >= 0.3 is 17.1 Å². The Balaban J connectivity index is 0.000000267. The van der Waals surface area contributed by atoms with Crippen molar-refractivity contribution >= 4 is 93.5 Å². The predicted molar refractivity (Wildman–Crippen MR) is 207 cm³/mol. The molecule has 6 aromatic rings. The molecule has 0 fully saturated rings. The molecule has 0 bridgehead atoms. The minimum atomic E-state index is -1.14. The molecule has 0 aliphatic heterocycles. The number of halogens is 4. The maximum atomic E-state index is 10.7. The number of imidazole rings is 2. The van der Waals surface area contributed by atoms with Gasteiger partial charge in [0.25, 0.3) is 0 Å². The summed E-state index contributed by atoms with van der Waals surface area (Å²) in [5, 5.41) is 29.4. The van der Waals surface area contributed by atoms with Gasteiger partial charge in [0, 0.05) is 73.3 Å². The molecule has 2 heterocycles. The molecule has 53 heavy (non-hydrogen) atoms. The molecule has 0 saturated carbocycles. The maximum Gasteiger partial charge on any atom is 2.00 e. The van der Waals surface area contributed by atoms with E-state index in [0.717, 1.165) is 0 Å². The molecule has 0 aliphatic carbocycles. The van der Waals surface area contributed by atoms with Crippen LogP contribution in [-0.2, 0) is 39.5 Å². The molecule has 1 radical (unpaired) electrons. The first-order valence-electron chi connectivity index (χ1n) is 15.2. The molecule has 0 unspecified atom stereocenters. The normalized spacial score (nSPS) is 9.58. The fraction of sp³-hybridized carbons (Fsp3) is 0.0526. The number of aliphatic carboxylic acids is 2. The number of carbonyl (C=O) groups excluding carboxylic acids is 2. The van der Waals surface area contributed by atoms with E-state index in [9.17, 15) is 19.8 Å². The van der Waals surface area contributed by atoms with Crippen LogP contribution in [0.4, 0.5) is 22.7 Å². The molecule has 10 nitrogen and oxygen atoms in total. The van der Waals surface area contributed by atoms with Crippen molar-refractivity contribution in [3.05, 3.63) is 167 Å². The first-order valence-corrected chi connectivity index (χ1v) is 16.7. The van der Waals surface area contributed by atoms with Gasteiger partial charge < -0.3 is 39.6 Å². The van der Waals surface area contributed by atoms with Gasteiger partial charge in [-0.15, -0.1) is 0 Å². The third kappa shape index (κ3) is 15.2. The van der Waals surface area contributed by atoms with Crippen LogP contribution in [0, 0.1) is 0 Å². The van der Waals surface area contributed by atoms with E-state index in [1.165, 1.54) is 0 Å². The van der Waals surface area contributed by atoms with Crippen LogP contribution in [0.25, 0.3) is 12.4 Å². The van der Waals surface area contributed by atoms with E-state index in [0.29, 0.717) is 54.0 Å². The predicted octanol–water partition coefficient (Wildman–Crippen LogP) is 8.02. The summed E-state index contributed by atoms with van der Waals surface area (Å²) in [4.78, 5) is 29.0. The third-order valence-corrected chi connectivity index (χ3v) is 7.88. The van der Waals surface area contributed by atoms with Gasteiger partial charge in [-0.1, -0.05) is 108 Å². The van der Waals surface area contributed by atoms with Crippen molar-refractivity contribution in [1.82, 2.24) is 19.1 Å². The molecule has 0 aliphatic rings. The number of carboxylic acid groups (broad SMARTS) is 2. The van der Waals surface area contributed by atoms with E-state index >= 15 is 0 Å². The van der Waals surface area contributed by atoms with Crippen molar-refractivity contribution in [2.45, 2.75) is 12.8 Å². The molecule has 2 N–H and O–H groups in total. The van der Waals surface area contributed by atoms with Crippen LogP contribution in [0.3, 0.4) is 0 Å². The molecule has 0 atom stereocenters. The van der Waals surface area contributed by atoms with Gasteiger partial charge in [0.1, 0.15) is 0 Å². The summed E-state index contributed by atoms with van der Waals surface area (Å²) in [5.41, 5.74) is 3.61. The molecule has 2 aromatic heterocycles. The van der Waals surface area contributed by atoms with Gasteiger partial charge in [-0.05, 0) is 47.5 Å². The number of carboxylic acids is 2. The monoisotopic (exact) mass is 839 g/mol. The molecule has 277 valence electrons. The standard InChI is InChI=1S/2C14H11Cl2NO2.2C5H6N2.Cu/c2*15-10-5-3-6-11(16)14(10)17-12-7-2-1-4-9(12)8-13(18)19;2*1-2-7-4-3-6-5-7;/h2*1-7,17H,8H2,(H,18,19);2*2-5H,1H2;/q;;;;+2/p-2. The van der Waals surface area contributed by atoms with Gasteiger partial charge in [0.2, 0.25) is 0 Å². The molecular weight excluding hydrogens is 810 g/mol. The van der Waals surface area contributed by atoms with E-state index in [2.05, 4.69) is 33.8 Å². The van der Waals surface area contributed by atoms with Crippen molar-refractivity contribution in [1.29, 1.82) is 0 Å². The zero-order valence-electron chi connectivity index (χ0n) is 27.8. The largest absolute Gasteiger partial charge is 2.00 e. The van der Waals surface area contributed by atoms with Crippen molar-refractivity contribution < 1.29 is 36.9 Å². The van der Waals surface area contributed by atoms with E-state index in [1.807, 2.05) is 12.4 Å². The Morgan fingerprint density at radius 1 is 0.604 bits per heavy atom. The maximum absolute atomic E-state index is 10.7. The minimum Gasteiger partial charge on any atom is -0.550 e. The van der Waals surface area contributed by atoms with E-state index < -0.39 is 11.9 Å². The Hall–Kier alpha value is -5.00. The van der Waals surface area contributed by atoms with Crippen LogP contribution >= 0.6 is 46.4 Å². The fourth-order valence-electron chi connectivity index (χ4n) is 4.16. The van der Waals surface area contributed by atoms with Gasteiger partial charge in [-0.3, -0.25) is 0 Å². The Labute approximate surface area is 337 Å². The number of aromatic nitrogens is 4. The first kappa shape index (κ1) is 44.2. The Bertz CT molecular complexity index is 1870. The Kier molecular flexibility index (Phi) is 19.6. The number of carbonyl (C=O) groups is 2. The van der Waals surface area contributed by atoms with Gasteiger partial charge in [-0.2, -0.15) is 0 Å². The molecular formula is C38H32Cl4CuN6O4. The summed E-state index contributed by atoms with van der Waals surface area (Å²) in [6.45, 7) is 7.05. The second-order valence-corrected chi connectivity index (χ2v) is 11.9. The van der Waals surface area contributed by atoms with Crippen LogP contribution < -0.4 is 20.8 Å². The van der Waals surface area contributed by atoms with Gasteiger partial charge in [0.15, 0.2) is 0 Å². The van der Waals surface area contributed by atoms with Crippen molar-refractivity contribution in [2.75, 3.05) is 10.6 Å². The summed E-state index contributed by atoms with van der Waals surface area (Å²) in [5.74, 6) is -2.28. The van der Waals surface area contributed by atoms with E-state index in [-0.39, 0.29) is 29.9 Å². The summed E-state index contributed by atoms with van der Waals surface area (Å²) < 4.78 is 3.56. The second-order valence-electron chi connectivity index (χ2n) is 10.2. The Morgan fingerprint density at radius 3 is 1.21 bits per heavy atom. The van der Waals surface area contributed by atoms with Crippen LogP contribution in [0.2, 0.25) is 20.1 Å². The second kappa shape index (κ2) is 23.5. The molecule has 0 spiro atoms. The third-order valence-electron chi connectivity index (χ3n) is 6.62. The molecule has 15 heteroatoms. The minimum absolute atomic E-state index is 0. The number of rotatable bonds is 10. The number of para-hydroxylation sites is 4. The number of benzene rings is 4. The number of nitrogens with zero attached hydrogens (tertiary/aromatic N) is 4. The van der Waals surface area contributed by atoms with Crippen molar-refractivity contribution in [3.8, 4) is 0 Å². The number of nitrogens with one attached hydrogen (secondary N) is 2. The van der Waals surface area contributed by atoms with E-state index in [1.54, 1.807) is 132 Å². The topological polar surface area (TPSA) is 140 Å². The SMILES string of the molecule is C=Cn1ccnc1.C=Cn1ccnc1.O=C([O-])Cc1ccccc1Nc1c(Cl)cccc1Cl.O=C([O-])Cc1ccccc1Nc1c(Cl)cccc1Cl.[Cu+2]. The van der Waals surface area contributed by atoms with Crippen molar-refractivity contribution in [3.63, 3.8) is 0 Å². The summed E-state index contributed by atoms with van der Waals surface area (Å²) >= 11 is 24.2. The quantitative estimate of drug-likeness (QED) is 0.132. The molecule has 0 saturated heterocycles. The van der Waals surface area contributed by atoms with Crippen LogP contribution in [0.1, 0.15) is 11.1 Å². The Morgan fingerprint density at radius 2 is 0.943 bits per heavy atom. The smallest absolute Gasteiger partial charge is 0.550 e. The fourth-order valence-corrected chi connectivity index (χ4v) is 5.15. The zero-order valence-corrected chi connectivity index (χ0v) is 31.7. The van der Waals surface area contributed by atoms with E-state index in [4.69, 9.17) is 46.4 Å². The van der Waals surface area contributed by atoms with Gasteiger partial charge in [-0.25, -0.2) is 9.97 Å². The van der Waals surface area contributed by atoms with Crippen molar-refractivity contribution in [2.24, 2.45) is 0 Å². The zero-order chi connectivity index (χ0) is 37.9. The van der Waals surface area contributed by atoms with Crippen LogP contribution in [0.5, 0.6) is 0 Å². The summed E-state index contributed by atoms with van der Waals surface area (Å²) in [6, 6.07) is 24.4. The first-order chi connectivity index (χ1) is 25.0. The molecule has 0 amide bonds. The van der Waals surface area contributed by atoms with Crippen LogP contribution in [0.15, 0.2) is 136 Å². The average Bonchev–Trinajstić information content (AvgIpc) is 3.85. The number of anilines is 4. The summed E-state index contributed by atoms with van der Waals surface area (Å²) in [7, 11) is 0. The average molecular weight is 842 g/mol. The number of hydrogen-bond acceptors (Lipinski definition) is 8. The number of hydrogen-bond donors (Lipinski definition) is 2. The summed E-state index contributed by atoms with van der Waals surface area (Å²) in [6.07, 6.45) is 13.5. The van der Waals surface area contributed by atoms with Gasteiger partial charge in [0.05, 0.1) is 44.1 Å². The molecule has 4 aromatic carbocycles. The van der Waals surface area contributed by atoms with Crippen LogP contribution in [-0.4, -0.2) is 31.0 Å².